The van der Waals surface area contributed by atoms with Crippen molar-refractivity contribution in [1.82, 2.24) is 10.2 Å². The Balaban J connectivity index is 2.09. The first-order chi connectivity index (χ1) is 11.4. The van der Waals surface area contributed by atoms with E-state index in [1.54, 1.807) is 0 Å². The number of fused-ring (bicyclic) bond motifs is 1. The van der Waals surface area contributed by atoms with Gasteiger partial charge in [-0.15, -0.1) is 0 Å². The van der Waals surface area contributed by atoms with E-state index in [0.717, 1.165) is 6.42 Å². The molecular formula is C16H23N3O5. The number of ether oxygens (including phenoxy) is 2. The van der Waals surface area contributed by atoms with Gasteiger partial charge in [-0.25, -0.2) is 0 Å². The second kappa shape index (κ2) is 7.96. The van der Waals surface area contributed by atoms with Crippen molar-refractivity contribution in [2.75, 3.05) is 33.4 Å². The molecule has 24 heavy (non-hydrogen) atoms. The van der Waals surface area contributed by atoms with E-state index in [9.17, 15) is 14.9 Å². The van der Waals surface area contributed by atoms with Crippen molar-refractivity contribution in [3.8, 4) is 11.5 Å². The Morgan fingerprint density at radius 3 is 2.58 bits per heavy atom. The summed E-state index contributed by atoms with van der Waals surface area (Å²) in [5.41, 5.74) is -0.303. The van der Waals surface area contributed by atoms with E-state index in [2.05, 4.69) is 24.1 Å². The van der Waals surface area contributed by atoms with Gasteiger partial charge in [-0.1, -0.05) is 6.92 Å². The van der Waals surface area contributed by atoms with Crippen LogP contribution in [0.3, 0.4) is 0 Å². The molecule has 1 aromatic carbocycles. The van der Waals surface area contributed by atoms with Gasteiger partial charge in [0.1, 0.15) is 18.8 Å². The minimum absolute atomic E-state index is 0.0181. The lowest BCUT2D eigenvalue weighted by atomic mass is 10.1. The minimum Gasteiger partial charge on any atom is -0.486 e. The zero-order valence-corrected chi connectivity index (χ0v) is 14.2. The Labute approximate surface area is 140 Å². The van der Waals surface area contributed by atoms with Crippen LogP contribution in [0.15, 0.2) is 12.1 Å². The molecule has 0 bridgehead atoms. The van der Waals surface area contributed by atoms with Crippen LogP contribution in [0.1, 0.15) is 30.6 Å². The Morgan fingerprint density at radius 2 is 2.00 bits per heavy atom. The molecule has 0 radical (unpaired) electrons. The van der Waals surface area contributed by atoms with Crippen LogP contribution in [-0.2, 0) is 0 Å². The predicted molar refractivity (Wildman–Crippen MR) is 88.8 cm³/mol. The van der Waals surface area contributed by atoms with E-state index in [0.29, 0.717) is 43.8 Å². The van der Waals surface area contributed by atoms with Gasteiger partial charge in [-0.3, -0.25) is 14.9 Å². The van der Waals surface area contributed by atoms with Crippen LogP contribution in [0.2, 0.25) is 0 Å². The zero-order chi connectivity index (χ0) is 17.7. The number of rotatable bonds is 7. The second-order valence-electron chi connectivity index (χ2n) is 5.76. The SMILES string of the molecule is CC[C@@H](C)N(C)CCNC(=O)c1cc2c(cc1[N+](=O)[O-])OCCO2. The average Bonchev–Trinajstić information content (AvgIpc) is 2.59. The van der Waals surface area contributed by atoms with E-state index >= 15 is 0 Å². The van der Waals surface area contributed by atoms with Crippen molar-refractivity contribution in [3.05, 3.63) is 27.8 Å². The number of nitrogens with one attached hydrogen (secondary N) is 1. The Kier molecular flexibility index (Phi) is 5.97. The molecule has 0 unspecified atom stereocenters. The van der Waals surface area contributed by atoms with E-state index in [-0.39, 0.29) is 11.3 Å². The number of benzene rings is 1. The topological polar surface area (TPSA) is 93.9 Å². The Morgan fingerprint density at radius 1 is 1.38 bits per heavy atom. The molecule has 1 atom stereocenters. The van der Waals surface area contributed by atoms with E-state index < -0.39 is 10.8 Å². The van der Waals surface area contributed by atoms with Crippen molar-refractivity contribution in [2.24, 2.45) is 0 Å². The first-order valence-corrected chi connectivity index (χ1v) is 8.00. The normalized spacial score (nSPS) is 14.3. The third-order valence-electron chi connectivity index (χ3n) is 4.20. The average molecular weight is 337 g/mol. The molecule has 1 aliphatic rings. The van der Waals surface area contributed by atoms with Gasteiger partial charge in [0.2, 0.25) is 0 Å². The van der Waals surface area contributed by atoms with Crippen LogP contribution in [0.25, 0.3) is 0 Å². The molecule has 1 N–H and O–H groups in total. The van der Waals surface area contributed by atoms with Crippen LogP contribution in [-0.4, -0.2) is 55.1 Å². The summed E-state index contributed by atoms with van der Waals surface area (Å²) in [6, 6.07) is 3.03. The summed E-state index contributed by atoms with van der Waals surface area (Å²) in [7, 11) is 1.98. The lowest BCUT2D eigenvalue weighted by Crippen LogP contribution is -2.37. The van der Waals surface area contributed by atoms with E-state index in [4.69, 9.17) is 9.47 Å². The lowest BCUT2D eigenvalue weighted by Gasteiger charge is -2.23. The highest BCUT2D eigenvalue weighted by Gasteiger charge is 2.26. The number of nitro benzene ring substituents is 1. The van der Waals surface area contributed by atoms with Gasteiger partial charge in [0, 0.05) is 25.2 Å². The summed E-state index contributed by atoms with van der Waals surface area (Å²) in [6.45, 7) is 5.96. The largest absolute Gasteiger partial charge is 0.486 e. The number of nitrogens with zero attached hydrogens (tertiary/aromatic N) is 2. The highest BCUT2D eigenvalue weighted by atomic mass is 16.6. The number of carbonyl (C=O) groups excluding carboxylic acids is 1. The molecule has 0 aliphatic carbocycles. The van der Waals surface area contributed by atoms with Crippen LogP contribution in [0, 0.1) is 10.1 Å². The van der Waals surface area contributed by atoms with Crippen LogP contribution >= 0.6 is 0 Å². The third kappa shape index (κ3) is 4.14. The Bertz CT molecular complexity index is 620. The molecular weight excluding hydrogens is 314 g/mol. The van der Waals surface area contributed by atoms with E-state index in [1.807, 2.05) is 7.05 Å². The summed E-state index contributed by atoms with van der Waals surface area (Å²) in [5, 5.41) is 14.0. The molecule has 1 aliphatic heterocycles. The van der Waals surface area contributed by atoms with Gasteiger partial charge in [-0.05, 0) is 20.4 Å². The summed E-state index contributed by atoms with van der Waals surface area (Å²) in [4.78, 5) is 25.1. The number of nitro groups is 1. The van der Waals surface area contributed by atoms with Crippen LogP contribution in [0.5, 0.6) is 11.5 Å². The molecule has 8 nitrogen and oxygen atoms in total. The van der Waals surface area contributed by atoms with Gasteiger partial charge >= 0.3 is 0 Å². The number of likely N-dealkylation sites (N-methyl/N-ethyl adjacent to an activating group) is 1. The molecule has 0 spiro atoms. The van der Waals surface area contributed by atoms with Gasteiger partial charge in [0.05, 0.1) is 11.0 Å². The highest BCUT2D eigenvalue weighted by molar-refractivity contribution is 5.99. The molecule has 1 aromatic rings. The molecule has 132 valence electrons. The smallest absolute Gasteiger partial charge is 0.286 e. The first-order valence-electron chi connectivity index (χ1n) is 8.00. The zero-order valence-electron chi connectivity index (χ0n) is 14.2. The molecule has 0 saturated carbocycles. The van der Waals surface area contributed by atoms with Crippen LogP contribution < -0.4 is 14.8 Å². The molecule has 8 heteroatoms. The fraction of sp³-hybridized carbons (Fsp3) is 0.562. The first kappa shape index (κ1) is 18.0. The van der Waals surface area contributed by atoms with Crippen molar-refractivity contribution < 1.29 is 19.2 Å². The van der Waals surface area contributed by atoms with Crippen molar-refractivity contribution >= 4 is 11.6 Å². The van der Waals surface area contributed by atoms with Gasteiger partial charge in [-0.2, -0.15) is 0 Å². The monoisotopic (exact) mass is 337 g/mol. The van der Waals surface area contributed by atoms with Gasteiger partial charge in [0.15, 0.2) is 11.5 Å². The van der Waals surface area contributed by atoms with Crippen molar-refractivity contribution in [2.45, 2.75) is 26.3 Å². The maximum absolute atomic E-state index is 12.3. The maximum atomic E-state index is 12.3. The molecule has 2 rings (SSSR count). The van der Waals surface area contributed by atoms with E-state index in [1.165, 1.54) is 12.1 Å². The minimum atomic E-state index is -0.585. The maximum Gasteiger partial charge on any atom is 0.286 e. The van der Waals surface area contributed by atoms with Crippen molar-refractivity contribution in [3.63, 3.8) is 0 Å². The van der Waals surface area contributed by atoms with Gasteiger partial charge < -0.3 is 19.7 Å². The molecule has 0 fully saturated rings. The summed E-state index contributed by atoms with van der Waals surface area (Å²) >= 11 is 0. The summed E-state index contributed by atoms with van der Waals surface area (Å²) in [5.74, 6) is 0.158. The summed E-state index contributed by atoms with van der Waals surface area (Å²) < 4.78 is 10.7. The number of hydrogen-bond acceptors (Lipinski definition) is 6. The molecule has 0 aromatic heterocycles. The Hall–Kier alpha value is -2.35. The number of carbonyl (C=O) groups is 1. The molecule has 1 heterocycles. The quantitative estimate of drug-likeness (QED) is 0.602. The molecule has 0 saturated heterocycles. The summed E-state index contributed by atoms with van der Waals surface area (Å²) in [6.07, 6.45) is 1.01. The van der Waals surface area contributed by atoms with Crippen molar-refractivity contribution in [1.29, 1.82) is 0 Å². The number of amides is 1. The standard InChI is InChI=1S/C16H23N3O5/c1-4-11(2)18(3)6-5-17-16(20)12-9-14-15(24-8-7-23-14)10-13(12)19(21)22/h9-11H,4-8H2,1-3H3,(H,17,20)/t11-/m1/s1. The van der Waals surface area contributed by atoms with Gasteiger partial charge in [0.25, 0.3) is 11.6 Å². The second-order valence-corrected chi connectivity index (χ2v) is 5.76. The molecule has 1 amide bonds. The fourth-order valence-electron chi connectivity index (χ4n) is 2.38. The van der Waals surface area contributed by atoms with Crippen LogP contribution in [0.4, 0.5) is 5.69 Å². The predicted octanol–water partition coefficient (Wildman–Crippen LogP) is 1.83. The number of hydrogen-bond donors (Lipinski definition) is 1. The highest BCUT2D eigenvalue weighted by Crippen LogP contribution is 2.36. The lowest BCUT2D eigenvalue weighted by molar-refractivity contribution is -0.385. The fourth-order valence-corrected chi connectivity index (χ4v) is 2.38. The third-order valence-corrected chi connectivity index (χ3v) is 4.20.